The van der Waals surface area contributed by atoms with Crippen LogP contribution in [0.25, 0.3) is 0 Å². The molecule has 0 aliphatic heterocycles. The second-order valence-corrected chi connectivity index (χ2v) is 12.9. The van der Waals surface area contributed by atoms with Crippen molar-refractivity contribution in [3.63, 3.8) is 0 Å². The molecule has 2 heteroatoms. The topological polar surface area (TPSA) is 52.0 Å². The van der Waals surface area contributed by atoms with E-state index in [0.717, 1.165) is 24.2 Å². The minimum absolute atomic E-state index is 0.830. The van der Waals surface area contributed by atoms with Crippen LogP contribution in [0.1, 0.15) is 113 Å². The fraction of sp³-hybridized carbons (Fsp3) is 0.415. The Bertz CT molecular complexity index is 1270. The Morgan fingerprint density at radius 2 is 0.651 bits per heavy atom. The maximum Gasteiger partial charge on any atom is 0.0314 e. The van der Waals surface area contributed by atoms with Crippen LogP contribution in [0.2, 0.25) is 0 Å². The van der Waals surface area contributed by atoms with Gasteiger partial charge < -0.3 is 11.5 Å². The summed E-state index contributed by atoms with van der Waals surface area (Å²) in [5.74, 6) is 0. The van der Waals surface area contributed by atoms with Gasteiger partial charge in [-0.05, 0) is 146 Å². The van der Waals surface area contributed by atoms with Crippen molar-refractivity contribution in [1.29, 1.82) is 0 Å². The predicted molar refractivity (Wildman–Crippen MR) is 188 cm³/mol. The molecule has 4 N–H and O–H groups in total. The maximum atomic E-state index is 5.84. The maximum absolute atomic E-state index is 5.84. The van der Waals surface area contributed by atoms with Crippen molar-refractivity contribution in [2.24, 2.45) is 0 Å². The highest BCUT2D eigenvalue weighted by Crippen LogP contribution is 2.24. The van der Waals surface area contributed by atoms with E-state index in [-0.39, 0.29) is 0 Å². The van der Waals surface area contributed by atoms with Gasteiger partial charge in [-0.2, -0.15) is 0 Å². The lowest BCUT2D eigenvalue weighted by molar-refractivity contribution is 0.558. The summed E-state index contributed by atoms with van der Waals surface area (Å²) in [6.07, 6.45) is 16.5. The normalized spacial score (nSPS) is 11.3. The molecule has 4 aromatic rings. The number of nitrogen functional groups attached to an aromatic ring is 2. The van der Waals surface area contributed by atoms with E-state index in [1.165, 1.54) is 115 Å². The zero-order valence-electron chi connectivity index (χ0n) is 27.3. The zero-order valence-corrected chi connectivity index (χ0v) is 27.3. The molecule has 0 radical (unpaired) electrons. The molecule has 0 bridgehead atoms. The van der Waals surface area contributed by atoms with Crippen molar-refractivity contribution < 1.29 is 0 Å². The number of nitrogens with two attached hydrogens (primary N) is 2. The van der Waals surface area contributed by atoms with Crippen molar-refractivity contribution >= 4 is 11.4 Å². The lowest BCUT2D eigenvalue weighted by Crippen LogP contribution is -1.99. The highest BCUT2D eigenvalue weighted by molar-refractivity contribution is 5.44. The average molecular weight is 575 g/mol. The lowest BCUT2D eigenvalue weighted by Gasteiger charge is -2.13. The van der Waals surface area contributed by atoms with Crippen molar-refractivity contribution in [1.82, 2.24) is 0 Å². The molecular weight excluding hydrogens is 520 g/mol. The molecule has 0 atom stereocenters. The highest BCUT2D eigenvalue weighted by atomic mass is 14.5. The zero-order chi connectivity index (χ0) is 30.6. The molecular formula is C41H54N2. The Hall–Kier alpha value is -3.52. The van der Waals surface area contributed by atoms with Crippen LogP contribution in [0.5, 0.6) is 0 Å². The van der Waals surface area contributed by atoms with Crippen LogP contribution >= 0.6 is 0 Å². The van der Waals surface area contributed by atoms with Crippen LogP contribution in [0.3, 0.4) is 0 Å². The van der Waals surface area contributed by atoms with Gasteiger partial charge in [0.1, 0.15) is 0 Å². The van der Waals surface area contributed by atoms with Crippen LogP contribution < -0.4 is 11.5 Å². The van der Waals surface area contributed by atoms with E-state index in [1.807, 2.05) is 24.3 Å². The van der Waals surface area contributed by atoms with E-state index in [4.69, 9.17) is 11.5 Å². The van der Waals surface area contributed by atoms with Gasteiger partial charge in [0, 0.05) is 11.4 Å². The molecule has 0 fully saturated rings. The number of anilines is 2. The summed E-state index contributed by atoms with van der Waals surface area (Å²) in [5, 5.41) is 0. The van der Waals surface area contributed by atoms with Crippen molar-refractivity contribution in [2.75, 3.05) is 11.5 Å². The van der Waals surface area contributed by atoms with Gasteiger partial charge in [-0.1, -0.05) is 93.5 Å². The first kappa shape index (κ1) is 32.4. The lowest BCUT2D eigenvalue weighted by atomic mass is 9.92. The molecule has 228 valence electrons. The molecule has 2 nitrogen and oxygen atoms in total. The fourth-order valence-electron chi connectivity index (χ4n) is 6.74. The van der Waals surface area contributed by atoms with Crippen LogP contribution in [0.15, 0.2) is 72.8 Å². The monoisotopic (exact) mass is 574 g/mol. The van der Waals surface area contributed by atoms with Crippen LogP contribution in [-0.4, -0.2) is 0 Å². The molecule has 0 aliphatic carbocycles. The smallest absolute Gasteiger partial charge is 0.0314 e. The van der Waals surface area contributed by atoms with Gasteiger partial charge in [-0.25, -0.2) is 0 Å². The van der Waals surface area contributed by atoms with Crippen LogP contribution in [-0.2, 0) is 25.7 Å². The SMILES string of the molecule is Cc1cc(Cc2ccc(N)cc2)cc(C)c1CCCCCCCCCCCc1c(C)cc(Cc2ccc(N)cc2)cc1C. The first-order valence-corrected chi connectivity index (χ1v) is 16.7. The number of benzene rings is 4. The Kier molecular flexibility index (Phi) is 12.3. The Labute approximate surface area is 261 Å². The summed E-state index contributed by atoms with van der Waals surface area (Å²) in [6.45, 7) is 9.15. The first-order chi connectivity index (χ1) is 20.8. The third-order valence-corrected chi connectivity index (χ3v) is 9.14. The number of unbranched alkanes of at least 4 members (excludes halogenated alkanes) is 8. The molecule has 0 aromatic heterocycles. The standard InChI is InChI=1S/C41H54N2/c1-30-24-36(28-34-16-20-38(42)21-17-34)25-31(2)40(30)14-12-10-8-6-5-7-9-11-13-15-41-32(3)26-37(27-33(41)4)29-35-18-22-39(43)23-19-35/h16-27H,5-15,28-29,42-43H2,1-4H3. The third-order valence-electron chi connectivity index (χ3n) is 9.14. The fourth-order valence-corrected chi connectivity index (χ4v) is 6.74. The molecule has 4 rings (SSSR count). The molecule has 4 aromatic carbocycles. The van der Waals surface area contributed by atoms with E-state index in [1.54, 1.807) is 11.1 Å². The van der Waals surface area contributed by atoms with Gasteiger partial charge in [-0.3, -0.25) is 0 Å². The van der Waals surface area contributed by atoms with Gasteiger partial charge in [0.2, 0.25) is 0 Å². The quantitative estimate of drug-likeness (QED) is 0.103. The number of hydrogen-bond donors (Lipinski definition) is 2. The summed E-state index contributed by atoms with van der Waals surface area (Å²) >= 11 is 0. The molecule has 0 saturated heterocycles. The molecule has 43 heavy (non-hydrogen) atoms. The number of hydrogen-bond acceptors (Lipinski definition) is 2. The molecule has 0 unspecified atom stereocenters. The average Bonchev–Trinajstić information content (AvgIpc) is 2.96. The van der Waals surface area contributed by atoms with Crippen molar-refractivity contribution in [3.8, 4) is 0 Å². The highest BCUT2D eigenvalue weighted by Gasteiger charge is 2.08. The summed E-state index contributed by atoms with van der Waals surface area (Å²) in [6, 6.07) is 26.1. The van der Waals surface area contributed by atoms with Crippen LogP contribution in [0, 0.1) is 27.7 Å². The summed E-state index contributed by atoms with van der Waals surface area (Å²) in [5.41, 5.74) is 27.7. The third kappa shape index (κ3) is 10.3. The molecule has 0 aliphatic rings. The predicted octanol–water partition coefficient (Wildman–Crippen LogP) is 10.6. The van der Waals surface area contributed by atoms with Crippen molar-refractivity contribution in [3.05, 3.63) is 128 Å². The van der Waals surface area contributed by atoms with Gasteiger partial charge >= 0.3 is 0 Å². The van der Waals surface area contributed by atoms with E-state index >= 15 is 0 Å². The number of rotatable bonds is 16. The van der Waals surface area contributed by atoms with E-state index < -0.39 is 0 Å². The van der Waals surface area contributed by atoms with Gasteiger partial charge in [0.15, 0.2) is 0 Å². The molecule has 0 saturated carbocycles. The van der Waals surface area contributed by atoms with E-state index in [2.05, 4.69) is 76.2 Å². The van der Waals surface area contributed by atoms with Gasteiger partial charge in [0.05, 0.1) is 0 Å². The van der Waals surface area contributed by atoms with Crippen molar-refractivity contribution in [2.45, 2.75) is 111 Å². The molecule has 0 heterocycles. The summed E-state index contributed by atoms with van der Waals surface area (Å²) in [7, 11) is 0. The Balaban J connectivity index is 1.07. The summed E-state index contributed by atoms with van der Waals surface area (Å²) in [4.78, 5) is 0. The molecule has 0 amide bonds. The van der Waals surface area contributed by atoms with Gasteiger partial charge in [0.25, 0.3) is 0 Å². The molecule has 0 spiro atoms. The Morgan fingerprint density at radius 3 is 0.953 bits per heavy atom. The largest absolute Gasteiger partial charge is 0.399 e. The minimum Gasteiger partial charge on any atom is -0.399 e. The second kappa shape index (κ2) is 16.4. The van der Waals surface area contributed by atoms with E-state index in [0.29, 0.717) is 0 Å². The van der Waals surface area contributed by atoms with Gasteiger partial charge in [-0.15, -0.1) is 0 Å². The van der Waals surface area contributed by atoms with E-state index in [9.17, 15) is 0 Å². The first-order valence-electron chi connectivity index (χ1n) is 16.7. The Morgan fingerprint density at radius 1 is 0.372 bits per heavy atom. The van der Waals surface area contributed by atoms with Crippen LogP contribution in [0.4, 0.5) is 11.4 Å². The minimum atomic E-state index is 0.830. The number of aryl methyl sites for hydroxylation is 4. The second-order valence-electron chi connectivity index (χ2n) is 12.9. The summed E-state index contributed by atoms with van der Waals surface area (Å²) < 4.78 is 0.